The molecule has 0 radical (unpaired) electrons. The van der Waals surface area contributed by atoms with E-state index in [0.717, 1.165) is 6.04 Å². The van der Waals surface area contributed by atoms with Crippen LogP contribution in [-0.4, -0.2) is 30.6 Å². The summed E-state index contributed by atoms with van der Waals surface area (Å²) >= 11 is 0. The Labute approximate surface area is 87.8 Å². The maximum atomic E-state index is 6.19. The van der Waals surface area contributed by atoms with E-state index < -0.39 is 0 Å². The molecule has 0 aromatic rings. The van der Waals surface area contributed by atoms with Gasteiger partial charge in [-0.25, -0.2) is 0 Å². The van der Waals surface area contributed by atoms with Crippen LogP contribution < -0.4 is 5.73 Å². The molecule has 0 aliphatic heterocycles. The SMILES string of the molecule is CN(CC1(C)CCCC1N)C1CCC1. The first-order valence-corrected chi connectivity index (χ1v) is 6.08. The van der Waals surface area contributed by atoms with E-state index in [4.69, 9.17) is 5.73 Å². The average Bonchev–Trinajstić information content (AvgIpc) is 2.27. The fourth-order valence-electron chi connectivity index (χ4n) is 2.98. The molecule has 0 saturated heterocycles. The zero-order chi connectivity index (χ0) is 10.2. The van der Waals surface area contributed by atoms with Crippen molar-refractivity contribution in [1.82, 2.24) is 4.90 Å². The first kappa shape index (κ1) is 10.4. The molecule has 0 aromatic heterocycles. The van der Waals surface area contributed by atoms with Gasteiger partial charge in [0.15, 0.2) is 0 Å². The van der Waals surface area contributed by atoms with Crippen LogP contribution in [-0.2, 0) is 0 Å². The van der Waals surface area contributed by atoms with E-state index in [1.165, 1.54) is 45.1 Å². The summed E-state index contributed by atoms with van der Waals surface area (Å²) in [5.74, 6) is 0. The highest BCUT2D eigenvalue weighted by molar-refractivity contribution is 4.94. The van der Waals surface area contributed by atoms with Gasteiger partial charge >= 0.3 is 0 Å². The second-order valence-electron chi connectivity index (χ2n) is 5.65. The summed E-state index contributed by atoms with van der Waals surface area (Å²) in [6.45, 7) is 3.58. The number of rotatable bonds is 3. The molecule has 2 rings (SSSR count). The van der Waals surface area contributed by atoms with Crippen molar-refractivity contribution in [3.63, 3.8) is 0 Å². The summed E-state index contributed by atoms with van der Waals surface area (Å²) in [4.78, 5) is 2.55. The lowest BCUT2D eigenvalue weighted by Crippen LogP contribution is -2.47. The van der Waals surface area contributed by atoms with Gasteiger partial charge in [0.1, 0.15) is 0 Å². The van der Waals surface area contributed by atoms with Gasteiger partial charge in [-0.1, -0.05) is 19.8 Å². The molecule has 0 aromatic carbocycles. The predicted molar refractivity (Wildman–Crippen MR) is 60.2 cm³/mol. The number of nitrogens with zero attached hydrogens (tertiary/aromatic N) is 1. The minimum Gasteiger partial charge on any atom is -0.327 e. The van der Waals surface area contributed by atoms with Crippen molar-refractivity contribution in [2.75, 3.05) is 13.6 Å². The van der Waals surface area contributed by atoms with Gasteiger partial charge in [0, 0.05) is 18.6 Å². The molecular formula is C12H24N2. The first-order valence-electron chi connectivity index (χ1n) is 6.08. The number of hydrogen-bond donors (Lipinski definition) is 1. The van der Waals surface area contributed by atoms with Gasteiger partial charge in [-0.05, 0) is 38.1 Å². The van der Waals surface area contributed by atoms with Crippen molar-refractivity contribution in [2.45, 2.75) is 57.5 Å². The average molecular weight is 196 g/mol. The van der Waals surface area contributed by atoms with E-state index in [0.29, 0.717) is 11.5 Å². The van der Waals surface area contributed by atoms with E-state index in [-0.39, 0.29) is 0 Å². The molecule has 2 heteroatoms. The molecule has 2 aliphatic carbocycles. The Morgan fingerprint density at radius 3 is 2.43 bits per heavy atom. The van der Waals surface area contributed by atoms with Crippen LogP contribution in [0.2, 0.25) is 0 Å². The van der Waals surface area contributed by atoms with Crippen molar-refractivity contribution in [3.05, 3.63) is 0 Å². The van der Waals surface area contributed by atoms with Crippen LogP contribution in [0.25, 0.3) is 0 Å². The zero-order valence-electron chi connectivity index (χ0n) is 9.63. The van der Waals surface area contributed by atoms with Crippen molar-refractivity contribution < 1.29 is 0 Å². The van der Waals surface area contributed by atoms with Crippen molar-refractivity contribution >= 4 is 0 Å². The molecule has 0 amide bonds. The zero-order valence-corrected chi connectivity index (χ0v) is 9.63. The molecule has 2 nitrogen and oxygen atoms in total. The van der Waals surface area contributed by atoms with Gasteiger partial charge in [0.05, 0.1) is 0 Å². The molecule has 2 aliphatic rings. The Morgan fingerprint density at radius 2 is 2.00 bits per heavy atom. The lowest BCUT2D eigenvalue weighted by atomic mass is 9.82. The van der Waals surface area contributed by atoms with Gasteiger partial charge < -0.3 is 10.6 Å². The van der Waals surface area contributed by atoms with E-state index in [9.17, 15) is 0 Å². The van der Waals surface area contributed by atoms with Crippen LogP contribution in [0.4, 0.5) is 0 Å². The van der Waals surface area contributed by atoms with Crippen LogP contribution in [0, 0.1) is 5.41 Å². The Bertz CT molecular complexity index is 200. The standard InChI is InChI=1S/C12H24N2/c1-12(8-4-7-11(12)13)9-14(2)10-5-3-6-10/h10-11H,3-9,13H2,1-2H3. The molecule has 14 heavy (non-hydrogen) atoms. The predicted octanol–water partition coefficient (Wildman–Crippen LogP) is 1.99. The number of hydrogen-bond acceptors (Lipinski definition) is 2. The summed E-state index contributed by atoms with van der Waals surface area (Å²) in [7, 11) is 2.28. The lowest BCUT2D eigenvalue weighted by molar-refractivity contribution is 0.0960. The minimum atomic E-state index is 0.393. The highest BCUT2D eigenvalue weighted by atomic mass is 15.1. The van der Waals surface area contributed by atoms with Gasteiger partial charge in [0.25, 0.3) is 0 Å². The quantitative estimate of drug-likeness (QED) is 0.748. The van der Waals surface area contributed by atoms with Crippen molar-refractivity contribution in [3.8, 4) is 0 Å². The summed E-state index contributed by atoms with van der Waals surface area (Å²) in [5.41, 5.74) is 6.59. The molecule has 2 saturated carbocycles. The molecule has 2 unspecified atom stereocenters. The third kappa shape index (κ3) is 1.82. The van der Waals surface area contributed by atoms with Gasteiger partial charge in [0.2, 0.25) is 0 Å². The Balaban J connectivity index is 1.88. The smallest absolute Gasteiger partial charge is 0.0105 e. The second-order valence-corrected chi connectivity index (χ2v) is 5.65. The summed E-state index contributed by atoms with van der Waals surface area (Å²) in [6, 6.07) is 1.30. The highest BCUT2D eigenvalue weighted by Gasteiger charge is 2.38. The van der Waals surface area contributed by atoms with Crippen LogP contribution in [0.1, 0.15) is 45.4 Å². The van der Waals surface area contributed by atoms with E-state index in [1.807, 2.05) is 0 Å². The Hall–Kier alpha value is -0.0800. The molecule has 2 N–H and O–H groups in total. The Morgan fingerprint density at radius 1 is 1.29 bits per heavy atom. The largest absolute Gasteiger partial charge is 0.327 e. The van der Waals surface area contributed by atoms with Crippen LogP contribution >= 0.6 is 0 Å². The van der Waals surface area contributed by atoms with Gasteiger partial charge in [-0.2, -0.15) is 0 Å². The van der Waals surface area contributed by atoms with Gasteiger partial charge in [-0.15, -0.1) is 0 Å². The third-order valence-corrected chi connectivity index (χ3v) is 4.47. The van der Waals surface area contributed by atoms with E-state index in [1.54, 1.807) is 0 Å². The lowest BCUT2D eigenvalue weighted by Gasteiger charge is -2.41. The van der Waals surface area contributed by atoms with Crippen LogP contribution in [0.15, 0.2) is 0 Å². The normalized spacial score (nSPS) is 39.0. The summed E-state index contributed by atoms with van der Waals surface area (Å²) in [6.07, 6.45) is 8.12. The van der Waals surface area contributed by atoms with Crippen molar-refractivity contribution in [2.24, 2.45) is 11.1 Å². The second kappa shape index (κ2) is 3.82. The molecule has 0 bridgehead atoms. The third-order valence-electron chi connectivity index (χ3n) is 4.47. The summed E-state index contributed by atoms with van der Waals surface area (Å²) < 4.78 is 0. The fourth-order valence-corrected chi connectivity index (χ4v) is 2.98. The molecule has 0 spiro atoms. The molecule has 82 valence electrons. The van der Waals surface area contributed by atoms with Gasteiger partial charge in [-0.3, -0.25) is 0 Å². The molecule has 2 fully saturated rings. The fraction of sp³-hybridized carbons (Fsp3) is 1.00. The molecule has 0 heterocycles. The maximum Gasteiger partial charge on any atom is 0.0105 e. The van der Waals surface area contributed by atoms with Crippen LogP contribution in [0.5, 0.6) is 0 Å². The monoisotopic (exact) mass is 196 g/mol. The number of nitrogens with two attached hydrogens (primary N) is 1. The first-order chi connectivity index (χ1) is 6.62. The highest BCUT2D eigenvalue weighted by Crippen LogP contribution is 2.38. The van der Waals surface area contributed by atoms with E-state index >= 15 is 0 Å². The topological polar surface area (TPSA) is 29.3 Å². The van der Waals surface area contributed by atoms with Crippen LogP contribution in [0.3, 0.4) is 0 Å². The molecule has 2 atom stereocenters. The van der Waals surface area contributed by atoms with Crippen molar-refractivity contribution in [1.29, 1.82) is 0 Å². The summed E-state index contributed by atoms with van der Waals surface area (Å²) in [5, 5.41) is 0. The Kier molecular flexibility index (Phi) is 2.85. The maximum absolute atomic E-state index is 6.19. The minimum absolute atomic E-state index is 0.393. The molecular weight excluding hydrogens is 172 g/mol. The van der Waals surface area contributed by atoms with E-state index in [2.05, 4.69) is 18.9 Å².